The molecule has 2 fully saturated rings. The topological polar surface area (TPSA) is 46.3 Å². The Morgan fingerprint density at radius 3 is 2.57 bits per heavy atom. The Morgan fingerprint density at radius 1 is 1.43 bits per heavy atom. The lowest BCUT2D eigenvalue weighted by Crippen LogP contribution is -2.62. The lowest BCUT2D eigenvalue weighted by molar-refractivity contribution is -0.144. The summed E-state index contributed by atoms with van der Waals surface area (Å²) >= 11 is 0. The summed E-state index contributed by atoms with van der Waals surface area (Å²) in [5, 5.41) is 0. The standard InChI is InChI=1S/C11H20N2O/c1-11(5-3-2-4-6-11)8-13-7-9(12)10(13)14/h9H,2-8,12H2,1H3. The highest BCUT2D eigenvalue weighted by Gasteiger charge is 2.38. The SMILES string of the molecule is CC1(CN2CC(N)C2=O)CCCCC1. The van der Waals surface area contributed by atoms with Crippen LogP contribution in [0.1, 0.15) is 39.0 Å². The third-order valence-electron chi connectivity index (χ3n) is 3.68. The predicted molar refractivity (Wildman–Crippen MR) is 55.7 cm³/mol. The van der Waals surface area contributed by atoms with Crippen molar-refractivity contribution in [2.24, 2.45) is 11.1 Å². The van der Waals surface area contributed by atoms with E-state index in [2.05, 4.69) is 6.92 Å². The van der Waals surface area contributed by atoms with Crippen molar-refractivity contribution in [3.63, 3.8) is 0 Å². The van der Waals surface area contributed by atoms with Crippen molar-refractivity contribution in [1.29, 1.82) is 0 Å². The Labute approximate surface area is 85.6 Å². The third-order valence-corrected chi connectivity index (χ3v) is 3.68. The largest absolute Gasteiger partial charge is 0.339 e. The van der Waals surface area contributed by atoms with E-state index >= 15 is 0 Å². The fourth-order valence-electron chi connectivity index (χ4n) is 2.69. The number of β-lactam (4-membered cyclic amide) rings is 1. The van der Waals surface area contributed by atoms with Gasteiger partial charge in [-0.2, -0.15) is 0 Å². The van der Waals surface area contributed by atoms with Gasteiger partial charge in [0.1, 0.15) is 6.04 Å². The van der Waals surface area contributed by atoms with E-state index in [-0.39, 0.29) is 11.9 Å². The first-order valence-electron chi connectivity index (χ1n) is 5.65. The number of hydrogen-bond acceptors (Lipinski definition) is 2. The molecule has 14 heavy (non-hydrogen) atoms. The van der Waals surface area contributed by atoms with Crippen LogP contribution >= 0.6 is 0 Å². The zero-order valence-electron chi connectivity index (χ0n) is 8.96. The number of carbonyl (C=O) groups excluding carboxylic acids is 1. The van der Waals surface area contributed by atoms with Gasteiger partial charge in [-0.15, -0.1) is 0 Å². The first kappa shape index (κ1) is 9.97. The van der Waals surface area contributed by atoms with Gasteiger partial charge in [-0.1, -0.05) is 26.2 Å². The first-order valence-corrected chi connectivity index (χ1v) is 5.65. The summed E-state index contributed by atoms with van der Waals surface area (Å²) in [6, 6.07) is -0.206. The molecule has 2 aliphatic rings. The van der Waals surface area contributed by atoms with Crippen molar-refractivity contribution >= 4 is 5.91 Å². The maximum absolute atomic E-state index is 11.4. The molecule has 1 unspecified atom stereocenters. The van der Waals surface area contributed by atoms with Crippen LogP contribution in [0.3, 0.4) is 0 Å². The average molecular weight is 196 g/mol. The lowest BCUT2D eigenvalue weighted by Gasteiger charge is -2.44. The minimum atomic E-state index is -0.206. The highest BCUT2D eigenvalue weighted by Crippen LogP contribution is 2.37. The van der Waals surface area contributed by atoms with Crippen LogP contribution in [0.25, 0.3) is 0 Å². The van der Waals surface area contributed by atoms with Crippen molar-refractivity contribution in [1.82, 2.24) is 4.90 Å². The molecule has 1 heterocycles. The molecular formula is C11H20N2O. The molecule has 1 saturated heterocycles. The van der Waals surface area contributed by atoms with Gasteiger partial charge in [-0.25, -0.2) is 0 Å². The van der Waals surface area contributed by atoms with Crippen LogP contribution in [0.2, 0.25) is 0 Å². The number of hydrogen-bond donors (Lipinski definition) is 1. The molecule has 0 aromatic rings. The van der Waals surface area contributed by atoms with Gasteiger partial charge < -0.3 is 10.6 Å². The molecule has 0 radical (unpaired) electrons. The summed E-state index contributed by atoms with van der Waals surface area (Å²) < 4.78 is 0. The quantitative estimate of drug-likeness (QED) is 0.673. The van der Waals surface area contributed by atoms with Crippen molar-refractivity contribution in [3.8, 4) is 0 Å². The fraction of sp³-hybridized carbons (Fsp3) is 0.909. The van der Waals surface area contributed by atoms with E-state index in [1.165, 1.54) is 32.1 Å². The van der Waals surface area contributed by atoms with Crippen LogP contribution in [-0.4, -0.2) is 29.9 Å². The summed E-state index contributed by atoms with van der Waals surface area (Å²) in [7, 11) is 0. The van der Waals surface area contributed by atoms with Crippen molar-refractivity contribution in [2.75, 3.05) is 13.1 Å². The Hall–Kier alpha value is -0.570. The molecule has 0 bridgehead atoms. The molecule has 1 saturated carbocycles. The molecule has 1 amide bonds. The summed E-state index contributed by atoms with van der Waals surface area (Å²) in [6.07, 6.45) is 6.55. The number of nitrogens with zero attached hydrogens (tertiary/aromatic N) is 1. The maximum Gasteiger partial charge on any atom is 0.241 e. The predicted octanol–water partition coefficient (Wildman–Crippen LogP) is 1.13. The van der Waals surface area contributed by atoms with Crippen molar-refractivity contribution in [2.45, 2.75) is 45.1 Å². The molecule has 2 rings (SSSR count). The van der Waals surface area contributed by atoms with Gasteiger partial charge in [-0.3, -0.25) is 4.79 Å². The average Bonchev–Trinajstić information content (AvgIpc) is 2.18. The minimum Gasteiger partial charge on any atom is -0.339 e. The zero-order chi connectivity index (χ0) is 10.2. The summed E-state index contributed by atoms with van der Waals surface area (Å²) in [5.41, 5.74) is 5.94. The van der Waals surface area contributed by atoms with Gasteiger partial charge in [0.05, 0.1) is 0 Å². The number of carbonyl (C=O) groups is 1. The Kier molecular flexibility index (Phi) is 2.52. The summed E-state index contributed by atoms with van der Waals surface area (Å²) in [5.74, 6) is 0.150. The van der Waals surface area contributed by atoms with E-state index in [0.29, 0.717) is 5.41 Å². The molecule has 3 heteroatoms. The molecular weight excluding hydrogens is 176 g/mol. The second kappa shape index (κ2) is 3.54. The molecule has 0 aromatic carbocycles. The van der Waals surface area contributed by atoms with Crippen molar-refractivity contribution < 1.29 is 4.79 Å². The maximum atomic E-state index is 11.4. The molecule has 0 aromatic heterocycles. The second-order valence-electron chi connectivity index (χ2n) is 5.20. The lowest BCUT2D eigenvalue weighted by atomic mass is 9.75. The van der Waals surface area contributed by atoms with E-state index in [1.807, 2.05) is 4.90 Å². The fourth-order valence-corrected chi connectivity index (χ4v) is 2.69. The van der Waals surface area contributed by atoms with Gasteiger partial charge in [0.2, 0.25) is 5.91 Å². The normalized spacial score (nSPS) is 31.4. The van der Waals surface area contributed by atoms with E-state index < -0.39 is 0 Å². The third kappa shape index (κ3) is 1.78. The molecule has 3 nitrogen and oxygen atoms in total. The van der Waals surface area contributed by atoms with E-state index in [0.717, 1.165) is 13.1 Å². The molecule has 0 spiro atoms. The highest BCUT2D eigenvalue weighted by atomic mass is 16.2. The van der Waals surface area contributed by atoms with Crippen molar-refractivity contribution in [3.05, 3.63) is 0 Å². The first-order chi connectivity index (χ1) is 6.61. The number of amides is 1. The van der Waals surface area contributed by atoms with Crippen LogP contribution in [0.5, 0.6) is 0 Å². The smallest absolute Gasteiger partial charge is 0.241 e. The Balaban J connectivity index is 1.87. The van der Waals surface area contributed by atoms with Gasteiger partial charge in [0.15, 0.2) is 0 Å². The summed E-state index contributed by atoms with van der Waals surface area (Å²) in [4.78, 5) is 13.3. The molecule has 1 aliphatic carbocycles. The number of likely N-dealkylation sites (tertiary alicyclic amines) is 1. The highest BCUT2D eigenvalue weighted by molar-refractivity contribution is 5.87. The van der Waals surface area contributed by atoms with Crippen LogP contribution in [0.4, 0.5) is 0 Å². The van der Waals surface area contributed by atoms with Gasteiger partial charge in [0, 0.05) is 13.1 Å². The number of rotatable bonds is 2. The molecule has 1 aliphatic heterocycles. The molecule has 80 valence electrons. The van der Waals surface area contributed by atoms with Crippen LogP contribution in [0.15, 0.2) is 0 Å². The van der Waals surface area contributed by atoms with Gasteiger partial charge in [0.25, 0.3) is 0 Å². The summed E-state index contributed by atoms with van der Waals surface area (Å²) in [6.45, 7) is 4.01. The van der Waals surface area contributed by atoms with Gasteiger partial charge >= 0.3 is 0 Å². The van der Waals surface area contributed by atoms with E-state index in [4.69, 9.17) is 5.73 Å². The van der Waals surface area contributed by atoms with E-state index in [1.54, 1.807) is 0 Å². The van der Waals surface area contributed by atoms with Crippen LogP contribution in [0, 0.1) is 5.41 Å². The zero-order valence-corrected chi connectivity index (χ0v) is 8.96. The minimum absolute atomic E-state index is 0.150. The van der Waals surface area contributed by atoms with Crippen LogP contribution in [-0.2, 0) is 4.79 Å². The monoisotopic (exact) mass is 196 g/mol. The molecule has 1 atom stereocenters. The molecule has 2 N–H and O–H groups in total. The Bertz CT molecular complexity index is 233. The number of nitrogens with two attached hydrogens (primary N) is 1. The second-order valence-corrected chi connectivity index (χ2v) is 5.20. The van der Waals surface area contributed by atoms with Gasteiger partial charge in [-0.05, 0) is 18.3 Å². The van der Waals surface area contributed by atoms with Crippen LogP contribution < -0.4 is 5.73 Å². The Morgan fingerprint density at radius 2 is 2.07 bits per heavy atom. The van der Waals surface area contributed by atoms with E-state index in [9.17, 15) is 4.79 Å².